The average molecular weight is 382 g/mol. The molecule has 0 spiro atoms. The number of ether oxygens (including phenoxy) is 1. The molecule has 2 N–H and O–H groups in total. The van der Waals surface area contributed by atoms with E-state index < -0.39 is 0 Å². The molecule has 27 heavy (non-hydrogen) atoms. The number of nitrogens with zero attached hydrogens (tertiary/aromatic N) is 1. The van der Waals surface area contributed by atoms with E-state index in [9.17, 15) is 4.79 Å². The van der Waals surface area contributed by atoms with Crippen LogP contribution < -0.4 is 15.5 Å². The van der Waals surface area contributed by atoms with Crippen LogP contribution in [0.3, 0.4) is 0 Å². The Morgan fingerprint density at radius 1 is 1.11 bits per heavy atom. The molecule has 1 heterocycles. The van der Waals surface area contributed by atoms with Crippen LogP contribution in [0.2, 0.25) is 0 Å². The van der Waals surface area contributed by atoms with Gasteiger partial charge in [-0.2, -0.15) is 0 Å². The van der Waals surface area contributed by atoms with E-state index >= 15 is 0 Å². The Morgan fingerprint density at radius 3 is 2.41 bits per heavy atom. The van der Waals surface area contributed by atoms with Crippen molar-refractivity contribution in [3.05, 3.63) is 77.0 Å². The van der Waals surface area contributed by atoms with Crippen LogP contribution in [0.15, 0.2) is 65.9 Å². The molecule has 2 aromatic rings. The van der Waals surface area contributed by atoms with Crippen molar-refractivity contribution in [2.45, 2.75) is 19.6 Å². The summed E-state index contributed by atoms with van der Waals surface area (Å²) in [6, 6.07) is 17.3. The first-order valence-electron chi connectivity index (χ1n) is 8.72. The quantitative estimate of drug-likeness (QED) is 0.612. The highest BCUT2D eigenvalue weighted by Gasteiger charge is 2.31. The second-order valence-electron chi connectivity index (χ2n) is 6.62. The summed E-state index contributed by atoms with van der Waals surface area (Å²) in [6.45, 7) is 2.07. The van der Waals surface area contributed by atoms with Crippen LogP contribution in [-0.2, 0) is 16.1 Å². The summed E-state index contributed by atoms with van der Waals surface area (Å²) in [6.07, 6.45) is 0. The topological polar surface area (TPSA) is 53.6 Å². The predicted octanol–water partition coefficient (Wildman–Crippen LogP) is 3.29. The number of anilines is 1. The van der Waals surface area contributed by atoms with Crippen molar-refractivity contribution in [2.75, 3.05) is 19.0 Å². The number of allylic oxidation sites excluding steroid dienone is 1. The number of esters is 1. The highest BCUT2D eigenvalue weighted by Crippen LogP contribution is 2.29. The molecule has 0 saturated heterocycles. The molecular weight excluding hydrogens is 358 g/mol. The Hall–Kier alpha value is -2.86. The third-order valence-corrected chi connectivity index (χ3v) is 4.66. The van der Waals surface area contributed by atoms with Gasteiger partial charge in [0.15, 0.2) is 5.11 Å². The molecule has 0 amide bonds. The van der Waals surface area contributed by atoms with Gasteiger partial charge < -0.3 is 20.3 Å². The highest BCUT2D eigenvalue weighted by atomic mass is 32.1. The Bertz CT molecular complexity index is 861. The normalized spacial score (nSPS) is 16.4. The molecule has 3 rings (SSSR count). The van der Waals surface area contributed by atoms with Gasteiger partial charge in [-0.15, -0.1) is 0 Å². The van der Waals surface area contributed by atoms with Gasteiger partial charge in [0.25, 0.3) is 0 Å². The molecule has 1 aliphatic rings. The maximum atomic E-state index is 12.8. The molecule has 1 aliphatic heterocycles. The van der Waals surface area contributed by atoms with E-state index in [1.54, 1.807) is 0 Å². The lowest BCUT2D eigenvalue weighted by Gasteiger charge is -2.30. The third-order valence-electron chi connectivity index (χ3n) is 4.44. The van der Waals surface area contributed by atoms with Gasteiger partial charge in [-0.25, -0.2) is 4.79 Å². The standard InChI is InChI=1S/C21H23N3O2S/c1-14-18(20(25)26-13-15-7-5-4-6-8-15)19(23-21(27)22-14)16-9-11-17(12-10-16)24(2)3/h4-12,19H,13H2,1-3H3,(H2,22,23,27). The summed E-state index contributed by atoms with van der Waals surface area (Å²) in [7, 11) is 3.98. The molecule has 0 bridgehead atoms. The molecule has 6 heteroatoms. The number of nitrogens with one attached hydrogen (secondary N) is 2. The van der Waals surface area contributed by atoms with Gasteiger partial charge in [-0.1, -0.05) is 42.5 Å². The summed E-state index contributed by atoms with van der Waals surface area (Å²) in [4.78, 5) is 14.9. The van der Waals surface area contributed by atoms with Gasteiger partial charge in [0.2, 0.25) is 0 Å². The van der Waals surface area contributed by atoms with Gasteiger partial charge in [0, 0.05) is 25.5 Å². The molecule has 0 fully saturated rings. The van der Waals surface area contributed by atoms with Crippen LogP contribution in [0, 0.1) is 0 Å². The molecule has 0 radical (unpaired) electrons. The van der Waals surface area contributed by atoms with Crippen molar-refractivity contribution in [2.24, 2.45) is 0 Å². The van der Waals surface area contributed by atoms with Crippen molar-refractivity contribution >= 4 is 29.0 Å². The molecule has 0 saturated carbocycles. The van der Waals surface area contributed by atoms with E-state index in [2.05, 4.69) is 10.6 Å². The van der Waals surface area contributed by atoms with Gasteiger partial charge in [0.05, 0.1) is 11.6 Å². The van der Waals surface area contributed by atoms with Crippen LogP contribution in [0.25, 0.3) is 0 Å². The molecule has 2 aromatic carbocycles. The lowest BCUT2D eigenvalue weighted by molar-refractivity contribution is -0.140. The smallest absolute Gasteiger partial charge is 0.338 e. The first-order chi connectivity index (χ1) is 13.0. The maximum Gasteiger partial charge on any atom is 0.338 e. The zero-order valence-corrected chi connectivity index (χ0v) is 16.5. The summed E-state index contributed by atoms with van der Waals surface area (Å²) in [5.41, 5.74) is 4.23. The van der Waals surface area contributed by atoms with Crippen molar-refractivity contribution in [3.8, 4) is 0 Å². The first-order valence-corrected chi connectivity index (χ1v) is 9.13. The first kappa shape index (κ1) is 18.9. The van der Waals surface area contributed by atoms with Crippen LogP contribution >= 0.6 is 12.2 Å². The number of hydrogen-bond donors (Lipinski definition) is 2. The number of rotatable bonds is 5. The molecular formula is C21H23N3O2S. The largest absolute Gasteiger partial charge is 0.457 e. The molecule has 1 unspecified atom stereocenters. The molecule has 140 valence electrons. The Balaban J connectivity index is 1.84. The lowest BCUT2D eigenvalue weighted by atomic mass is 9.95. The van der Waals surface area contributed by atoms with Gasteiger partial charge in [-0.3, -0.25) is 0 Å². The van der Waals surface area contributed by atoms with Crippen LogP contribution in [-0.4, -0.2) is 25.2 Å². The number of hydrogen-bond acceptors (Lipinski definition) is 4. The van der Waals surface area contributed by atoms with Crippen LogP contribution in [0.4, 0.5) is 5.69 Å². The number of carbonyl (C=O) groups is 1. The zero-order chi connectivity index (χ0) is 19.4. The lowest BCUT2D eigenvalue weighted by Crippen LogP contribution is -2.45. The summed E-state index contributed by atoms with van der Waals surface area (Å²) in [5, 5.41) is 6.71. The van der Waals surface area contributed by atoms with E-state index in [0.717, 1.165) is 16.8 Å². The summed E-state index contributed by atoms with van der Waals surface area (Å²) in [5.74, 6) is -0.361. The minimum Gasteiger partial charge on any atom is -0.457 e. The number of thiocarbonyl (C=S) groups is 1. The van der Waals surface area contributed by atoms with Gasteiger partial charge >= 0.3 is 5.97 Å². The second-order valence-corrected chi connectivity index (χ2v) is 7.03. The second kappa shape index (κ2) is 8.22. The van der Waals surface area contributed by atoms with E-state index in [4.69, 9.17) is 17.0 Å². The molecule has 5 nitrogen and oxygen atoms in total. The van der Waals surface area contributed by atoms with Crippen molar-refractivity contribution in [3.63, 3.8) is 0 Å². The maximum absolute atomic E-state index is 12.8. The SMILES string of the molecule is CC1=C(C(=O)OCc2ccccc2)C(c2ccc(N(C)C)cc2)NC(=S)N1. The third kappa shape index (κ3) is 4.46. The van der Waals surface area contributed by atoms with E-state index in [0.29, 0.717) is 16.4 Å². The molecule has 0 aromatic heterocycles. The molecule has 0 aliphatic carbocycles. The number of carbonyl (C=O) groups excluding carboxylic acids is 1. The minimum absolute atomic E-state index is 0.229. The van der Waals surface area contributed by atoms with Gasteiger partial charge in [0.1, 0.15) is 6.61 Å². The van der Waals surface area contributed by atoms with Gasteiger partial charge in [-0.05, 0) is 42.4 Å². The van der Waals surface area contributed by atoms with Crippen LogP contribution in [0.1, 0.15) is 24.1 Å². The zero-order valence-electron chi connectivity index (χ0n) is 15.7. The monoisotopic (exact) mass is 381 g/mol. The number of benzene rings is 2. The van der Waals surface area contributed by atoms with E-state index in [1.165, 1.54) is 0 Å². The molecule has 1 atom stereocenters. The van der Waals surface area contributed by atoms with Crippen molar-refractivity contribution in [1.82, 2.24) is 10.6 Å². The summed E-state index contributed by atoms with van der Waals surface area (Å²) >= 11 is 5.29. The Kier molecular flexibility index (Phi) is 5.76. The fourth-order valence-electron chi connectivity index (χ4n) is 2.98. The highest BCUT2D eigenvalue weighted by molar-refractivity contribution is 7.80. The van der Waals surface area contributed by atoms with Crippen molar-refractivity contribution < 1.29 is 9.53 Å². The summed E-state index contributed by atoms with van der Waals surface area (Å²) < 4.78 is 5.56. The predicted molar refractivity (Wildman–Crippen MR) is 111 cm³/mol. The van der Waals surface area contributed by atoms with E-state index in [-0.39, 0.29) is 18.6 Å². The fourth-order valence-corrected chi connectivity index (χ4v) is 3.25. The minimum atomic E-state index is -0.361. The Labute approximate surface area is 165 Å². The Morgan fingerprint density at radius 2 is 1.78 bits per heavy atom. The average Bonchev–Trinajstić information content (AvgIpc) is 2.66. The van der Waals surface area contributed by atoms with Crippen molar-refractivity contribution in [1.29, 1.82) is 0 Å². The van der Waals surface area contributed by atoms with Crippen LogP contribution in [0.5, 0.6) is 0 Å². The van der Waals surface area contributed by atoms with E-state index in [1.807, 2.05) is 80.5 Å². The fraction of sp³-hybridized carbons (Fsp3) is 0.238.